The second-order valence-corrected chi connectivity index (χ2v) is 9.66. The molecule has 2 amide bonds. The summed E-state index contributed by atoms with van der Waals surface area (Å²) in [5, 5.41) is 2.96. The number of H-pyrrole nitrogens is 1. The number of carbonyl (C=O) groups excluding carboxylic acids is 2. The van der Waals surface area contributed by atoms with E-state index >= 15 is 0 Å². The number of amides is 2. The van der Waals surface area contributed by atoms with E-state index in [1.54, 1.807) is 35.4 Å². The number of hydrogen-bond acceptors (Lipinski definition) is 4. The van der Waals surface area contributed by atoms with E-state index < -0.39 is 0 Å². The molecule has 0 fully saturated rings. The van der Waals surface area contributed by atoms with Gasteiger partial charge in [0, 0.05) is 41.7 Å². The van der Waals surface area contributed by atoms with Crippen LogP contribution in [0.4, 0.5) is 0 Å². The number of allylic oxidation sites excluding steroid dienone is 1. The van der Waals surface area contributed by atoms with Crippen molar-refractivity contribution in [2.45, 2.75) is 19.4 Å². The summed E-state index contributed by atoms with van der Waals surface area (Å²) in [4.78, 5) is 42.9. The number of aromatic amines is 1. The number of pyridine rings is 1. The lowest BCUT2D eigenvalue weighted by Gasteiger charge is -2.18. The Morgan fingerprint density at radius 3 is 2.79 bits per heavy atom. The number of nitrogens with one attached hydrogen (secondary N) is 2. The standard InChI is InChI=1S/C25H20ClN3O3S/c26-22-10-9-21(33-22)24(31)28-20-8-2-6-18-19(20)14-29(25(18)32)13-15-4-1-5-16(12-15)17-7-3-11-27-23(17)30/h1,3-5,7-12H,2,6,13-14H2,(H,27,30)(H,28,31). The Labute approximate surface area is 199 Å². The molecule has 0 unspecified atom stereocenters. The predicted molar refractivity (Wildman–Crippen MR) is 129 cm³/mol. The van der Waals surface area contributed by atoms with Crippen molar-refractivity contribution in [2.75, 3.05) is 6.54 Å². The van der Waals surface area contributed by atoms with Crippen LogP contribution in [0.15, 0.2) is 82.4 Å². The number of thiophene rings is 1. The monoisotopic (exact) mass is 477 g/mol. The van der Waals surface area contributed by atoms with Gasteiger partial charge in [0.05, 0.1) is 9.21 Å². The van der Waals surface area contributed by atoms with Gasteiger partial charge < -0.3 is 15.2 Å². The average Bonchev–Trinajstić information content (AvgIpc) is 3.39. The molecule has 2 aromatic heterocycles. The summed E-state index contributed by atoms with van der Waals surface area (Å²) < 4.78 is 0.555. The first kappa shape index (κ1) is 21.4. The molecule has 0 radical (unpaired) electrons. The van der Waals surface area contributed by atoms with Crippen LogP contribution in [-0.2, 0) is 11.3 Å². The Bertz CT molecular complexity index is 1390. The summed E-state index contributed by atoms with van der Waals surface area (Å²) in [5.41, 5.74) is 4.51. The number of hydrogen-bond donors (Lipinski definition) is 2. The van der Waals surface area contributed by atoms with Crippen molar-refractivity contribution in [3.63, 3.8) is 0 Å². The number of nitrogens with zero attached hydrogens (tertiary/aromatic N) is 1. The molecule has 8 heteroatoms. The van der Waals surface area contributed by atoms with Crippen LogP contribution in [0.3, 0.4) is 0 Å². The van der Waals surface area contributed by atoms with E-state index in [0.29, 0.717) is 46.4 Å². The summed E-state index contributed by atoms with van der Waals surface area (Å²) in [7, 11) is 0. The van der Waals surface area contributed by atoms with Gasteiger partial charge in [-0.25, -0.2) is 0 Å². The van der Waals surface area contributed by atoms with Crippen LogP contribution in [-0.4, -0.2) is 28.2 Å². The highest BCUT2D eigenvalue weighted by Crippen LogP contribution is 2.33. The van der Waals surface area contributed by atoms with Crippen LogP contribution in [0.2, 0.25) is 4.34 Å². The third kappa shape index (κ3) is 4.29. The summed E-state index contributed by atoms with van der Waals surface area (Å²) in [5.74, 6) is -0.231. The molecule has 166 valence electrons. The first-order valence-electron chi connectivity index (χ1n) is 10.5. The molecule has 1 aliphatic carbocycles. The van der Waals surface area contributed by atoms with Gasteiger partial charge in [0.2, 0.25) is 0 Å². The molecule has 1 aromatic carbocycles. The normalized spacial score (nSPS) is 15.5. The van der Waals surface area contributed by atoms with Crippen molar-refractivity contribution in [3.05, 3.63) is 103 Å². The van der Waals surface area contributed by atoms with Crippen molar-refractivity contribution < 1.29 is 9.59 Å². The molecule has 0 bridgehead atoms. The number of halogens is 1. The summed E-state index contributed by atoms with van der Waals surface area (Å²) in [6, 6.07) is 14.6. The van der Waals surface area contributed by atoms with E-state index in [-0.39, 0.29) is 17.4 Å². The summed E-state index contributed by atoms with van der Waals surface area (Å²) >= 11 is 7.18. The van der Waals surface area contributed by atoms with Crippen molar-refractivity contribution in [1.29, 1.82) is 0 Å². The molecular weight excluding hydrogens is 458 g/mol. The molecule has 0 saturated heterocycles. The fraction of sp³-hybridized carbons (Fsp3) is 0.160. The third-order valence-corrected chi connectivity index (χ3v) is 7.03. The Balaban J connectivity index is 1.33. The molecule has 2 N–H and O–H groups in total. The van der Waals surface area contributed by atoms with Crippen molar-refractivity contribution >= 4 is 34.8 Å². The largest absolute Gasteiger partial charge is 0.330 e. The van der Waals surface area contributed by atoms with E-state index in [1.165, 1.54) is 11.3 Å². The van der Waals surface area contributed by atoms with Crippen molar-refractivity contribution in [1.82, 2.24) is 15.2 Å². The molecule has 6 nitrogen and oxygen atoms in total. The smallest absolute Gasteiger partial charge is 0.265 e. The molecule has 0 atom stereocenters. The van der Waals surface area contributed by atoms with Crippen LogP contribution in [0.25, 0.3) is 11.1 Å². The Kier molecular flexibility index (Phi) is 5.74. The Hall–Kier alpha value is -3.42. The van der Waals surface area contributed by atoms with Gasteiger partial charge in [0.15, 0.2) is 0 Å². The maximum Gasteiger partial charge on any atom is 0.265 e. The summed E-state index contributed by atoms with van der Waals surface area (Å²) in [6.45, 7) is 0.855. The molecule has 0 spiro atoms. The van der Waals surface area contributed by atoms with E-state index in [0.717, 1.165) is 22.3 Å². The minimum absolute atomic E-state index is 0.00743. The molecule has 2 aliphatic rings. The average molecular weight is 478 g/mol. The lowest BCUT2D eigenvalue weighted by molar-refractivity contribution is -0.126. The minimum Gasteiger partial charge on any atom is -0.330 e. The maximum atomic E-state index is 13.1. The van der Waals surface area contributed by atoms with Gasteiger partial charge in [-0.2, -0.15) is 0 Å². The molecule has 0 saturated carbocycles. The number of rotatable bonds is 5. The Morgan fingerprint density at radius 1 is 1.12 bits per heavy atom. The number of benzene rings is 1. The van der Waals surface area contributed by atoms with Gasteiger partial charge in [-0.3, -0.25) is 14.4 Å². The zero-order valence-electron chi connectivity index (χ0n) is 17.6. The zero-order valence-corrected chi connectivity index (χ0v) is 19.1. The van der Waals surface area contributed by atoms with Crippen LogP contribution in [0, 0.1) is 0 Å². The van der Waals surface area contributed by atoms with E-state index in [9.17, 15) is 14.4 Å². The van der Waals surface area contributed by atoms with E-state index in [2.05, 4.69) is 10.3 Å². The zero-order chi connectivity index (χ0) is 22.9. The molecule has 3 heterocycles. The van der Waals surface area contributed by atoms with Gasteiger partial charge in [0.25, 0.3) is 17.4 Å². The molecule has 5 rings (SSSR count). The third-order valence-electron chi connectivity index (χ3n) is 5.80. The second kappa shape index (κ2) is 8.84. The fourth-order valence-corrected chi connectivity index (χ4v) is 5.19. The van der Waals surface area contributed by atoms with E-state index in [4.69, 9.17) is 11.6 Å². The molecular formula is C25H20ClN3O3S. The Morgan fingerprint density at radius 2 is 2.00 bits per heavy atom. The second-order valence-electron chi connectivity index (χ2n) is 7.95. The van der Waals surface area contributed by atoms with Gasteiger partial charge in [-0.1, -0.05) is 35.9 Å². The molecule has 3 aromatic rings. The van der Waals surface area contributed by atoms with Crippen LogP contribution >= 0.6 is 22.9 Å². The lowest BCUT2D eigenvalue weighted by Crippen LogP contribution is -2.28. The topological polar surface area (TPSA) is 82.3 Å². The van der Waals surface area contributed by atoms with Crippen molar-refractivity contribution in [3.8, 4) is 11.1 Å². The number of carbonyl (C=O) groups is 2. The first-order chi connectivity index (χ1) is 16.0. The molecule has 1 aliphatic heterocycles. The number of aromatic nitrogens is 1. The van der Waals surface area contributed by atoms with Crippen LogP contribution in [0.5, 0.6) is 0 Å². The van der Waals surface area contributed by atoms with Crippen molar-refractivity contribution in [2.24, 2.45) is 0 Å². The van der Waals surface area contributed by atoms with E-state index in [1.807, 2.05) is 30.3 Å². The highest BCUT2D eigenvalue weighted by atomic mass is 35.5. The fourth-order valence-electron chi connectivity index (χ4n) is 4.25. The SMILES string of the molecule is O=C(NC1=CCCC2=C1CN(Cc1cccc(-c3ccc[nH]c3=O)c1)C2=O)c1ccc(Cl)s1. The van der Waals surface area contributed by atoms with Gasteiger partial charge in [-0.15, -0.1) is 11.3 Å². The quantitative estimate of drug-likeness (QED) is 0.567. The highest BCUT2D eigenvalue weighted by Gasteiger charge is 2.33. The van der Waals surface area contributed by atoms with Gasteiger partial charge in [0.1, 0.15) is 0 Å². The first-order valence-corrected chi connectivity index (χ1v) is 11.7. The molecule has 33 heavy (non-hydrogen) atoms. The van der Waals surface area contributed by atoms with Gasteiger partial charge >= 0.3 is 0 Å². The van der Waals surface area contributed by atoms with Crippen LogP contribution < -0.4 is 10.9 Å². The van der Waals surface area contributed by atoms with Crippen LogP contribution in [0.1, 0.15) is 28.1 Å². The van der Waals surface area contributed by atoms with Gasteiger partial charge in [-0.05, 0) is 54.3 Å². The summed E-state index contributed by atoms with van der Waals surface area (Å²) in [6.07, 6.45) is 4.94. The highest BCUT2D eigenvalue weighted by molar-refractivity contribution is 7.18. The predicted octanol–water partition coefficient (Wildman–Crippen LogP) is 4.50. The maximum absolute atomic E-state index is 13.1. The minimum atomic E-state index is -0.224. The lowest BCUT2D eigenvalue weighted by atomic mass is 9.97.